The van der Waals surface area contributed by atoms with Crippen molar-refractivity contribution in [2.75, 3.05) is 36.8 Å². The van der Waals surface area contributed by atoms with Gasteiger partial charge in [0.1, 0.15) is 0 Å². The molecule has 2 aliphatic rings. The second kappa shape index (κ2) is 6.53. The fraction of sp³-hybridized carbons (Fsp3) is 0.562. The van der Waals surface area contributed by atoms with Crippen LogP contribution in [-0.2, 0) is 4.79 Å². The number of hydrogen-bond donors (Lipinski definition) is 0. The third kappa shape index (κ3) is 3.11. The summed E-state index contributed by atoms with van der Waals surface area (Å²) >= 11 is 1.89. The van der Waals surface area contributed by atoms with Gasteiger partial charge >= 0.3 is 0 Å². The van der Waals surface area contributed by atoms with Crippen LogP contribution >= 0.6 is 11.8 Å². The molecule has 3 rings (SSSR count). The zero-order valence-corrected chi connectivity index (χ0v) is 12.7. The third-order valence-electron chi connectivity index (χ3n) is 4.11. The average molecular weight is 290 g/mol. The minimum atomic E-state index is 0.300. The van der Waals surface area contributed by atoms with Gasteiger partial charge in [-0.2, -0.15) is 0 Å². The van der Waals surface area contributed by atoms with Crippen molar-refractivity contribution in [2.45, 2.75) is 30.6 Å². The fourth-order valence-corrected chi connectivity index (χ4v) is 4.03. The normalized spacial score (nSPS) is 19.4. The number of rotatable bonds is 2. The highest BCUT2D eigenvalue weighted by atomic mass is 32.2. The summed E-state index contributed by atoms with van der Waals surface area (Å²) in [4.78, 5) is 18.1. The third-order valence-corrected chi connectivity index (χ3v) is 5.15. The number of anilines is 1. The summed E-state index contributed by atoms with van der Waals surface area (Å²) < 4.78 is 0. The smallest absolute Gasteiger partial charge is 0.242 e. The molecule has 0 aliphatic carbocycles. The zero-order chi connectivity index (χ0) is 13.8. The molecule has 0 unspecified atom stereocenters. The molecule has 1 aromatic rings. The van der Waals surface area contributed by atoms with Gasteiger partial charge in [-0.25, -0.2) is 0 Å². The van der Waals surface area contributed by atoms with Gasteiger partial charge in [-0.05, 0) is 25.0 Å². The van der Waals surface area contributed by atoms with Crippen LogP contribution in [0.2, 0.25) is 0 Å². The van der Waals surface area contributed by atoms with Gasteiger partial charge in [-0.15, -0.1) is 11.8 Å². The molecule has 0 atom stereocenters. The minimum absolute atomic E-state index is 0.300. The van der Waals surface area contributed by atoms with Gasteiger partial charge in [0.05, 0.1) is 12.2 Å². The van der Waals surface area contributed by atoms with Crippen molar-refractivity contribution in [3.8, 4) is 0 Å². The van der Waals surface area contributed by atoms with E-state index in [-0.39, 0.29) is 0 Å². The Morgan fingerprint density at radius 1 is 1.05 bits per heavy atom. The average Bonchev–Trinajstić information content (AvgIpc) is 2.77. The van der Waals surface area contributed by atoms with Crippen LogP contribution in [0.1, 0.15) is 25.7 Å². The molecule has 0 N–H and O–H groups in total. The van der Waals surface area contributed by atoms with Crippen LogP contribution in [-0.4, -0.2) is 42.7 Å². The summed E-state index contributed by atoms with van der Waals surface area (Å²) in [5.41, 5.74) is 1.23. The molecule has 2 aliphatic heterocycles. The molecule has 0 spiro atoms. The molecule has 0 bridgehead atoms. The van der Waals surface area contributed by atoms with Gasteiger partial charge in [0.15, 0.2) is 0 Å². The number of fused-ring (bicyclic) bond motifs is 1. The standard InChI is InChI=1S/C16H22N2OS/c19-16(17-9-5-1-2-6-10-17)13-18-11-12-20-15-8-4-3-7-14(15)18/h3-4,7-8H,1-2,5-6,9-13H2. The molecule has 20 heavy (non-hydrogen) atoms. The van der Waals surface area contributed by atoms with Crippen LogP contribution in [0.4, 0.5) is 5.69 Å². The van der Waals surface area contributed by atoms with Crippen molar-refractivity contribution in [1.82, 2.24) is 4.90 Å². The molecular formula is C16H22N2OS. The van der Waals surface area contributed by atoms with Crippen molar-refractivity contribution >= 4 is 23.4 Å². The van der Waals surface area contributed by atoms with E-state index in [4.69, 9.17) is 0 Å². The summed E-state index contributed by atoms with van der Waals surface area (Å²) in [6.45, 7) is 3.41. The van der Waals surface area contributed by atoms with Crippen LogP contribution in [0.15, 0.2) is 29.2 Å². The lowest BCUT2D eigenvalue weighted by Gasteiger charge is -2.32. The van der Waals surface area contributed by atoms with E-state index in [0.717, 1.165) is 38.2 Å². The van der Waals surface area contributed by atoms with Crippen LogP contribution in [0, 0.1) is 0 Å². The summed E-state index contributed by atoms with van der Waals surface area (Å²) in [6, 6.07) is 8.43. The van der Waals surface area contributed by atoms with Crippen LogP contribution in [0.25, 0.3) is 0 Å². The predicted molar refractivity (Wildman–Crippen MR) is 84.4 cm³/mol. The summed E-state index contributed by atoms with van der Waals surface area (Å²) in [6.07, 6.45) is 4.87. The van der Waals surface area contributed by atoms with Gasteiger partial charge in [0, 0.05) is 30.3 Å². The molecule has 1 aromatic carbocycles. The number of amides is 1. The Hall–Kier alpha value is -1.16. The number of carbonyl (C=O) groups excluding carboxylic acids is 1. The lowest BCUT2D eigenvalue weighted by Crippen LogP contribution is -2.42. The first-order valence-electron chi connectivity index (χ1n) is 7.59. The Labute approximate surface area is 125 Å². The number of likely N-dealkylation sites (tertiary alicyclic amines) is 1. The fourth-order valence-electron chi connectivity index (χ4n) is 2.97. The van der Waals surface area contributed by atoms with E-state index in [0.29, 0.717) is 12.5 Å². The Balaban J connectivity index is 1.67. The van der Waals surface area contributed by atoms with E-state index < -0.39 is 0 Å². The Morgan fingerprint density at radius 3 is 2.60 bits per heavy atom. The first-order valence-corrected chi connectivity index (χ1v) is 8.58. The molecule has 1 amide bonds. The minimum Gasteiger partial charge on any atom is -0.360 e. The highest BCUT2D eigenvalue weighted by Gasteiger charge is 2.22. The van der Waals surface area contributed by atoms with Gasteiger partial charge in [-0.1, -0.05) is 25.0 Å². The summed E-state index contributed by atoms with van der Waals surface area (Å²) in [5, 5.41) is 0. The molecule has 0 aromatic heterocycles. The van der Waals surface area contributed by atoms with Crippen LogP contribution in [0.5, 0.6) is 0 Å². The van der Waals surface area contributed by atoms with Gasteiger partial charge in [-0.3, -0.25) is 4.79 Å². The lowest BCUT2D eigenvalue weighted by molar-refractivity contribution is -0.129. The second-order valence-corrected chi connectivity index (χ2v) is 6.67. The zero-order valence-electron chi connectivity index (χ0n) is 11.9. The molecule has 0 radical (unpaired) electrons. The van der Waals surface area contributed by atoms with Crippen molar-refractivity contribution in [2.24, 2.45) is 0 Å². The number of nitrogens with zero attached hydrogens (tertiary/aromatic N) is 2. The molecule has 1 saturated heterocycles. The monoisotopic (exact) mass is 290 g/mol. The first kappa shape index (κ1) is 13.8. The van der Waals surface area contributed by atoms with Crippen LogP contribution in [0.3, 0.4) is 0 Å². The van der Waals surface area contributed by atoms with E-state index >= 15 is 0 Å². The number of hydrogen-bond acceptors (Lipinski definition) is 3. The highest BCUT2D eigenvalue weighted by Crippen LogP contribution is 2.34. The molecular weight excluding hydrogens is 268 g/mol. The second-order valence-electron chi connectivity index (χ2n) is 5.53. The van der Waals surface area contributed by atoms with E-state index in [2.05, 4.69) is 34.1 Å². The topological polar surface area (TPSA) is 23.6 Å². The molecule has 2 heterocycles. The highest BCUT2D eigenvalue weighted by molar-refractivity contribution is 7.99. The molecule has 3 nitrogen and oxygen atoms in total. The van der Waals surface area contributed by atoms with Crippen molar-refractivity contribution in [3.05, 3.63) is 24.3 Å². The molecule has 1 fully saturated rings. The van der Waals surface area contributed by atoms with Gasteiger partial charge < -0.3 is 9.80 Å². The Kier molecular flexibility index (Phi) is 4.51. The number of para-hydroxylation sites is 1. The molecule has 4 heteroatoms. The maximum Gasteiger partial charge on any atom is 0.242 e. The maximum atomic E-state index is 12.5. The summed E-state index contributed by atoms with van der Waals surface area (Å²) in [7, 11) is 0. The van der Waals surface area contributed by atoms with Crippen molar-refractivity contribution < 1.29 is 4.79 Å². The summed E-state index contributed by atoms with van der Waals surface area (Å²) in [5.74, 6) is 1.37. The molecule has 0 saturated carbocycles. The quantitative estimate of drug-likeness (QED) is 0.836. The number of thioether (sulfide) groups is 1. The van der Waals surface area contributed by atoms with Gasteiger partial charge in [0.2, 0.25) is 5.91 Å². The SMILES string of the molecule is O=C(CN1CCSc2ccccc21)N1CCCCCC1. The van der Waals surface area contributed by atoms with E-state index in [1.54, 1.807) is 0 Å². The van der Waals surface area contributed by atoms with E-state index in [9.17, 15) is 4.79 Å². The number of benzene rings is 1. The van der Waals surface area contributed by atoms with Crippen LogP contribution < -0.4 is 4.90 Å². The van der Waals surface area contributed by atoms with E-state index in [1.165, 1.54) is 23.4 Å². The molecule has 108 valence electrons. The Bertz CT molecular complexity index is 469. The Morgan fingerprint density at radius 2 is 1.80 bits per heavy atom. The number of carbonyl (C=O) groups is 1. The van der Waals surface area contributed by atoms with Gasteiger partial charge in [0.25, 0.3) is 0 Å². The van der Waals surface area contributed by atoms with E-state index in [1.807, 2.05) is 11.8 Å². The maximum absolute atomic E-state index is 12.5. The first-order chi connectivity index (χ1) is 9.84. The predicted octanol–water partition coefficient (Wildman–Crippen LogP) is 3.00. The lowest BCUT2D eigenvalue weighted by atomic mass is 10.2. The van der Waals surface area contributed by atoms with Crippen molar-refractivity contribution in [1.29, 1.82) is 0 Å². The largest absolute Gasteiger partial charge is 0.360 e. The van der Waals surface area contributed by atoms with Crippen molar-refractivity contribution in [3.63, 3.8) is 0 Å².